The van der Waals surface area contributed by atoms with E-state index in [0.717, 1.165) is 60.7 Å². The van der Waals surface area contributed by atoms with Gasteiger partial charge in [0.05, 0.1) is 11.4 Å². The van der Waals surface area contributed by atoms with Gasteiger partial charge < -0.3 is 4.57 Å². The molecular weight excluding hydrogens is 521 g/mol. The van der Waals surface area contributed by atoms with Crippen molar-refractivity contribution in [3.05, 3.63) is 136 Å². The number of benzene rings is 4. The Morgan fingerprint density at radius 2 is 1.36 bits per heavy atom. The first-order valence-electron chi connectivity index (χ1n) is 13.5. The molecule has 0 N–H and O–H groups in total. The van der Waals surface area contributed by atoms with Gasteiger partial charge in [-0.3, -0.25) is 4.90 Å². The summed E-state index contributed by atoms with van der Waals surface area (Å²) < 4.78 is 2.43. The molecule has 0 radical (unpaired) electrons. The van der Waals surface area contributed by atoms with Crippen LogP contribution in [0.2, 0.25) is 10.0 Å². The minimum Gasteiger partial charge on any atom is -0.326 e. The highest BCUT2D eigenvalue weighted by Crippen LogP contribution is 2.32. The minimum absolute atomic E-state index is 0.648. The molecule has 3 nitrogen and oxygen atoms in total. The Labute approximate surface area is 241 Å². The van der Waals surface area contributed by atoms with Crippen molar-refractivity contribution in [3.8, 4) is 22.6 Å². The Hall–Kier alpha value is -3.37. The predicted octanol–water partition coefficient (Wildman–Crippen LogP) is 9.53. The van der Waals surface area contributed by atoms with Crippen LogP contribution >= 0.6 is 23.2 Å². The minimum atomic E-state index is 0.648. The SMILES string of the molecule is CCCCn1c(-c2ccccc2)nc(-c2ccccc2)c1CN(Cc1ccccc1)Cc1ccc(Cl)cc1Cl. The second kappa shape index (κ2) is 13.1. The Bertz CT molecular complexity index is 1480. The van der Waals surface area contributed by atoms with Gasteiger partial charge in [-0.15, -0.1) is 0 Å². The molecule has 0 aliphatic heterocycles. The third-order valence-corrected chi connectivity index (χ3v) is 7.51. The lowest BCUT2D eigenvalue weighted by Gasteiger charge is -2.25. The van der Waals surface area contributed by atoms with Crippen molar-refractivity contribution in [3.63, 3.8) is 0 Å². The molecule has 0 atom stereocenters. The molecule has 5 rings (SSSR count). The summed E-state index contributed by atoms with van der Waals surface area (Å²) in [5.74, 6) is 1.02. The monoisotopic (exact) mass is 553 g/mol. The number of hydrogen-bond acceptors (Lipinski definition) is 2. The van der Waals surface area contributed by atoms with Gasteiger partial charge in [0.15, 0.2) is 0 Å². The van der Waals surface area contributed by atoms with Crippen molar-refractivity contribution in [1.82, 2.24) is 14.5 Å². The van der Waals surface area contributed by atoms with Crippen LogP contribution in [0.3, 0.4) is 0 Å². The molecular formula is C34H33Cl2N3. The van der Waals surface area contributed by atoms with Crippen LogP contribution < -0.4 is 0 Å². The summed E-state index contributed by atoms with van der Waals surface area (Å²) in [6, 6.07) is 37.4. The van der Waals surface area contributed by atoms with Gasteiger partial charge in [-0.25, -0.2) is 4.98 Å². The van der Waals surface area contributed by atoms with E-state index in [1.54, 1.807) is 0 Å². The zero-order valence-electron chi connectivity index (χ0n) is 22.2. The predicted molar refractivity (Wildman–Crippen MR) is 164 cm³/mol. The van der Waals surface area contributed by atoms with E-state index >= 15 is 0 Å². The average Bonchev–Trinajstić information content (AvgIpc) is 3.32. The van der Waals surface area contributed by atoms with Gasteiger partial charge in [-0.2, -0.15) is 0 Å². The standard InChI is InChI=1S/C34H33Cl2N3/c1-2-3-21-39-32(33(27-15-9-5-10-16-27)37-34(39)28-17-11-6-12-18-28)25-38(23-26-13-7-4-8-14-26)24-29-19-20-30(35)22-31(29)36/h4-20,22H,2-3,21,23-25H2,1H3. The summed E-state index contributed by atoms with van der Waals surface area (Å²) in [4.78, 5) is 7.74. The number of hydrogen-bond donors (Lipinski definition) is 0. The van der Waals surface area contributed by atoms with Crippen LogP contribution in [0.4, 0.5) is 0 Å². The molecule has 0 bridgehead atoms. The highest BCUT2D eigenvalue weighted by molar-refractivity contribution is 6.35. The summed E-state index contributed by atoms with van der Waals surface area (Å²) in [6.07, 6.45) is 2.19. The Balaban J connectivity index is 1.62. The molecule has 4 aromatic carbocycles. The zero-order chi connectivity index (χ0) is 27.0. The lowest BCUT2D eigenvalue weighted by atomic mass is 10.1. The van der Waals surface area contributed by atoms with E-state index in [4.69, 9.17) is 28.2 Å². The fraction of sp³-hybridized carbons (Fsp3) is 0.206. The van der Waals surface area contributed by atoms with E-state index in [2.05, 4.69) is 107 Å². The van der Waals surface area contributed by atoms with Crippen LogP contribution in [0.25, 0.3) is 22.6 Å². The van der Waals surface area contributed by atoms with Gasteiger partial charge in [0.1, 0.15) is 5.82 Å². The van der Waals surface area contributed by atoms with Crippen molar-refractivity contribution in [2.24, 2.45) is 0 Å². The number of rotatable bonds is 11. The maximum Gasteiger partial charge on any atom is 0.140 e. The van der Waals surface area contributed by atoms with Crippen molar-refractivity contribution in [1.29, 1.82) is 0 Å². The highest BCUT2D eigenvalue weighted by atomic mass is 35.5. The van der Waals surface area contributed by atoms with E-state index in [9.17, 15) is 0 Å². The number of imidazole rings is 1. The molecule has 0 unspecified atom stereocenters. The smallest absolute Gasteiger partial charge is 0.140 e. The molecule has 0 spiro atoms. The van der Waals surface area contributed by atoms with E-state index in [1.807, 2.05) is 18.2 Å². The van der Waals surface area contributed by atoms with E-state index in [0.29, 0.717) is 16.6 Å². The van der Waals surface area contributed by atoms with Gasteiger partial charge in [0, 0.05) is 47.4 Å². The molecule has 5 aromatic rings. The third kappa shape index (κ3) is 6.80. The third-order valence-electron chi connectivity index (χ3n) is 6.92. The second-order valence-electron chi connectivity index (χ2n) is 9.83. The lowest BCUT2D eigenvalue weighted by molar-refractivity contribution is 0.241. The first kappa shape index (κ1) is 27.2. The molecule has 0 saturated heterocycles. The summed E-state index contributed by atoms with van der Waals surface area (Å²) in [5, 5.41) is 1.34. The fourth-order valence-electron chi connectivity index (χ4n) is 4.95. The van der Waals surface area contributed by atoms with Crippen LogP contribution in [-0.2, 0) is 26.2 Å². The number of unbranched alkanes of at least 4 members (excludes halogenated alkanes) is 1. The lowest BCUT2D eigenvalue weighted by Crippen LogP contribution is -2.25. The average molecular weight is 555 g/mol. The molecule has 198 valence electrons. The van der Waals surface area contributed by atoms with Crippen LogP contribution in [0.1, 0.15) is 36.6 Å². The molecule has 5 heteroatoms. The topological polar surface area (TPSA) is 21.1 Å². The van der Waals surface area contributed by atoms with Gasteiger partial charge in [0.25, 0.3) is 0 Å². The van der Waals surface area contributed by atoms with E-state index in [-0.39, 0.29) is 0 Å². The Morgan fingerprint density at radius 1 is 0.718 bits per heavy atom. The Morgan fingerprint density at radius 3 is 2.00 bits per heavy atom. The summed E-state index contributed by atoms with van der Waals surface area (Å²) in [6.45, 7) is 5.35. The maximum absolute atomic E-state index is 6.66. The highest BCUT2D eigenvalue weighted by Gasteiger charge is 2.22. The fourth-order valence-corrected chi connectivity index (χ4v) is 5.42. The molecule has 1 aromatic heterocycles. The van der Waals surface area contributed by atoms with Crippen molar-refractivity contribution in [2.75, 3.05) is 0 Å². The Kier molecular flexibility index (Phi) is 9.15. The zero-order valence-corrected chi connectivity index (χ0v) is 23.7. The molecule has 0 fully saturated rings. The summed E-state index contributed by atoms with van der Waals surface area (Å²) in [7, 11) is 0. The first-order chi connectivity index (χ1) is 19.1. The molecule has 0 saturated carbocycles. The normalized spacial score (nSPS) is 11.3. The maximum atomic E-state index is 6.66. The molecule has 0 aliphatic carbocycles. The first-order valence-corrected chi connectivity index (χ1v) is 14.3. The quantitative estimate of drug-likeness (QED) is 0.162. The number of halogens is 2. The van der Waals surface area contributed by atoms with Gasteiger partial charge in [-0.1, -0.05) is 134 Å². The number of nitrogens with zero attached hydrogens (tertiary/aromatic N) is 3. The van der Waals surface area contributed by atoms with Gasteiger partial charge >= 0.3 is 0 Å². The van der Waals surface area contributed by atoms with Crippen molar-refractivity contribution >= 4 is 23.2 Å². The number of aromatic nitrogens is 2. The van der Waals surface area contributed by atoms with Gasteiger partial charge in [-0.05, 0) is 29.7 Å². The van der Waals surface area contributed by atoms with E-state index < -0.39 is 0 Å². The second-order valence-corrected chi connectivity index (χ2v) is 10.7. The summed E-state index contributed by atoms with van der Waals surface area (Å²) >= 11 is 12.9. The summed E-state index contributed by atoms with van der Waals surface area (Å²) in [5.41, 5.74) is 6.82. The molecule has 39 heavy (non-hydrogen) atoms. The van der Waals surface area contributed by atoms with E-state index in [1.165, 1.54) is 11.3 Å². The molecule has 1 heterocycles. The van der Waals surface area contributed by atoms with Crippen molar-refractivity contribution in [2.45, 2.75) is 45.9 Å². The van der Waals surface area contributed by atoms with Crippen molar-refractivity contribution < 1.29 is 0 Å². The molecule has 0 amide bonds. The van der Waals surface area contributed by atoms with Crippen LogP contribution in [0.15, 0.2) is 109 Å². The van der Waals surface area contributed by atoms with Crippen LogP contribution in [0, 0.1) is 0 Å². The molecule has 0 aliphatic rings. The van der Waals surface area contributed by atoms with Gasteiger partial charge in [0.2, 0.25) is 0 Å². The van der Waals surface area contributed by atoms with Crippen LogP contribution in [0.5, 0.6) is 0 Å². The largest absolute Gasteiger partial charge is 0.326 e. The van der Waals surface area contributed by atoms with Crippen LogP contribution in [-0.4, -0.2) is 14.5 Å².